The van der Waals surface area contributed by atoms with E-state index in [0.29, 0.717) is 5.56 Å². The third-order valence-corrected chi connectivity index (χ3v) is 3.80. The zero-order valence-electron chi connectivity index (χ0n) is 13.2. The molecule has 0 unspecified atom stereocenters. The van der Waals surface area contributed by atoms with Gasteiger partial charge in [0.25, 0.3) is 5.91 Å². The predicted molar refractivity (Wildman–Crippen MR) is 90.1 cm³/mol. The van der Waals surface area contributed by atoms with E-state index in [1.54, 1.807) is 10.9 Å². The molecule has 0 aliphatic carbocycles. The molecule has 116 valence electrons. The second-order valence-corrected chi connectivity index (χ2v) is 5.53. The van der Waals surface area contributed by atoms with Gasteiger partial charge in [-0.1, -0.05) is 60.7 Å². The molecule has 2 aromatic carbocycles. The minimum Gasteiger partial charge on any atom is -0.341 e. The lowest BCUT2D eigenvalue weighted by molar-refractivity contribution is 0.0942. The summed E-state index contributed by atoms with van der Waals surface area (Å²) in [6.45, 7) is 1.84. The lowest BCUT2D eigenvalue weighted by Crippen LogP contribution is -2.29. The molecule has 1 heterocycles. The summed E-state index contributed by atoms with van der Waals surface area (Å²) in [6, 6.07) is 19.8. The van der Waals surface area contributed by atoms with Crippen LogP contribution in [-0.4, -0.2) is 15.7 Å². The first-order valence-corrected chi connectivity index (χ1v) is 7.56. The summed E-state index contributed by atoms with van der Waals surface area (Å²) in [7, 11) is 1.82. The van der Waals surface area contributed by atoms with E-state index in [1.807, 2.05) is 74.6 Å². The highest BCUT2D eigenvalue weighted by molar-refractivity contribution is 5.95. The van der Waals surface area contributed by atoms with Gasteiger partial charge in [0.05, 0.1) is 17.3 Å². The highest BCUT2D eigenvalue weighted by atomic mass is 16.1. The first kappa shape index (κ1) is 15.0. The molecule has 0 atom stereocenters. The Balaban J connectivity index is 1.93. The van der Waals surface area contributed by atoms with Crippen molar-refractivity contribution in [3.05, 3.63) is 89.2 Å². The van der Waals surface area contributed by atoms with Crippen molar-refractivity contribution >= 4 is 5.91 Å². The van der Waals surface area contributed by atoms with Gasteiger partial charge < -0.3 is 5.32 Å². The second kappa shape index (κ2) is 6.48. The minimum atomic E-state index is -0.190. The summed E-state index contributed by atoms with van der Waals surface area (Å²) in [5, 5.41) is 7.37. The fourth-order valence-electron chi connectivity index (χ4n) is 2.68. The predicted octanol–water partition coefficient (Wildman–Crippen LogP) is 3.25. The van der Waals surface area contributed by atoms with E-state index in [1.165, 1.54) is 0 Å². The Labute approximate surface area is 135 Å². The molecule has 3 aromatic rings. The standard InChI is InChI=1S/C19H19N3O/c1-14-17(13-22(2)21-14)19(23)20-18(15-9-5-3-6-10-15)16-11-7-4-8-12-16/h3-13,18H,1-2H3,(H,20,23). The van der Waals surface area contributed by atoms with E-state index in [2.05, 4.69) is 10.4 Å². The molecule has 1 aromatic heterocycles. The lowest BCUT2D eigenvalue weighted by atomic mass is 9.98. The maximum atomic E-state index is 12.7. The van der Waals surface area contributed by atoms with Crippen LogP contribution in [0.25, 0.3) is 0 Å². The average molecular weight is 305 g/mol. The Morgan fingerprint density at radius 3 is 1.96 bits per heavy atom. The van der Waals surface area contributed by atoms with E-state index in [0.717, 1.165) is 16.8 Å². The second-order valence-electron chi connectivity index (χ2n) is 5.53. The fourth-order valence-corrected chi connectivity index (χ4v) is 2.68. The van der Waals surface area contributed by atoms with Gasteiger partial charge in [0.1, 0.15) is 0 Å². The number of benzene rings is 2. The molecule has 1 N–H and O–H groups in total. The van der Waals surface area contributed by atoms with E-state index < -0.39 is 0 Å². The Kier molecular flexibility index (Phi) is 4.24. The van der Waals surface area contributed by atoms with Crippen LogP contribution < -0.4 is 5.32 Å². The number of carbonyl (C=O) groups excluding carboxylic acids is 1. The molecular weight excluding hydrogens is 286 g/mol. The zero-order chi connectivity index (χ0) is 16.2. The summed E-state index contributed by atoms with van der Waals surface area (Å²) < 4.78 is 1.66. The molecule has 0 spiro atoms. The summed E-state index contributed by atoms with van der Waals surface area (Å²) in [6.07, 6.45) is 1.75. The summed E-state index contributed by atoms with van der Waals surface area (Å²) in [5.74, 6) is -0.117. The van der Waals surface area contributed by atoms with Crippen LogP contribution in [0.2, 0.25) is 0 Å². The molecule has 4 nitrogen and oxygen atoms in total. The Hall–Kier alpha value is -2.88. The summed E-state index contributed by atoms with van der Waals surface area (Å²) in [4.78, 5) is 12.7. The molecule has 4 heteroatoms. The summed E-state index contributed by atoms with van der Waals surface area (Å²) >= 11 is 0. The molecule has 3 rings (SSSR count). The van der Waals surface area contributed by atoms with Crippen molar-refractivity contribution in [1.29, 1.82) is 0 Å². The van der Waals surface area contributed by atoms with Crippen LogP contribution in [0, 0.1) is 6.92 Å². The van der Waals surface area contributed by atoms with Gasteiger partial charge in [0, 0.05) is 13.2 Å². The van der Waals surface area contributed by atoms with Crippen molar-refractivity contribution in [3.8, 4) is 0 Å². The minimum absolute atomic E-state index is 0.117. The van der Waals surface area contributed by atoms with Gasteiger partial charge in [-0.15, -0.1) is 0 Å². The highest BCUT2D eigenvalue weighted by Gasteiger charge is 2.19. The Morgan fingerprint density at radius 2 is 1.52 bits per heavy atom. The largest absolute Gasteiger partial charge is 0.341 e. The van der Waals surface area contributed by atoms with Crippen molar-refractivity contribution in [2.75, 3.05) is 0 Å². The van der Waals surface area contributed by atoms with Gasteiger partial charge in [-0.05, 0) is 18.1 Å². The molecule has 0 saturated carbocycles. The normalized spacial score (nSPS) is 10.7. The van der Waals surface area contributed by atoms with Crippen LogP contribution in [0.4, 0.5) is 0 Å². The number of carbonyl (C=O) groups is 1. The summed E-state index contributed by atoms with van der Waals surface area (Å²) in [5.41, 5.74) is 3.43. The number of aromatic nitrogens is 2. The van der Waals surface area contributed by atoms with Crippen molar-refractivity contribution < 1.29 is 4.79 Å². The average Bonchev–Trinajstić information content (AvgIpc) is 2.92. The van der Waals surface area contributed by atoms with Crippen LogP contribution in [0.1, 0.15) is 33.2 Å². The molecule has 0 saturated heterocycles. The smallest absolute Gasteiger partial charge is 0.255 e. The van der Waals surface area contributed by atoms with Crippen molar-refractivity contribution in [2.45, 2.75) is 13.0 Å². The zero-order valence-corrected chi connectivity index (χ0v) is 13.2. The quantitative estimate of drug-likeness (QED) is 0.804. The van der Waals surface area contributed by atoms with Gasteiger partial charge in [-0.2, -0.15) is 5.10 Å². The maximum absolute atomic E-state index is 12.7. The van der Waals surface area contributed by atoms with Crippen LogP contribution in [0.5, 0.6) is 0 Å². The van der Waals surface area contributed by atoms with E-state index in [9.17, 15) is 4.79 Å². The number of hydrogen-bond acceptors (Lipinski definition) is 2. The Morgan fingerprint density at radius 1 is 1.00 bits per heavy atom. The number of amides is 1. The van der Waals surface area contributed by atoms with E-state index >= 15 is 0 Å². The van der Waals surface area contributed by atoms with Crippen LogP contribution in [0.3, 0.4) is 0 Å². The van der Waals surface area contributed by atoms with Crippen molar-refractivity contribution in [2.24, 2.45) is 7.05 Å². The third-order valence-electron chi connectivity index (χ3n) is 3.80. The van der Waals surface area contributed by atoms with Gasteiger partial charge in [-0.25, -0.2) is 0 Å². The number of nitrogens with one attached hydrogen (secondary N) is 1. The van der Waals surface area contributed by atoms with E-state index in [4.69, 9.17) is 0 Å². The first-order valence-electron chi connectivity index (χ1n) is 7.56. The first-order chi connectivity index (χ1) is 11.1. The third kappa shape index (κ3) is 3.31. The van der Waals surface area contributed by atoms with Gasteiger partial charge in [0.15, 0.2) is 0 Å². The molecule has 0 fully saturated rings. The van der Waals surface area contributed by atoms with Crippen LogP contribution in [-0.2, 0) is 7.05 Å². The van der Waals surface area contributed by atoms with Gasteiger partial charge in [-0.3, -0.25) is 9.48 Å². The molecular formula is C19H19N3O. The SMILES string of the molecule is Cc1nn(C)cc1C(=O)NC(c1ccccc1)c1ccccc1. The molecule has 23 heavy (non-hydrogen) atoms. The van der Waals surface area contributed by atoms with E-state index in [-0.39, 0.29) is 11.9 Å². The van der Waals surface area contributed by atoms with Crippen molar-refractivity contribution in [1.82, 2.24) is 15.1 Å². The number of aryl methyl sites for hydroxylation is 2. The molecule has 0 bridgehead atoms. The lowest BCUT2D eigenvalue weighted by Gasteiger charge is -2.19. The van der Waals surface area contributed by atoms with Gasteiger partial charge >= 0.3 is 0 Å². The van der Waals surface area contributed by atoms with Crippen molar-refractivity contribution in [3.63, 3.8) is 0 Å². The fraction of sp³-hybridized carbons (Fsp3) is 0.158. The van der Waals surface area contributed by atoms with Gasteiger partial charge in [0.2, 0.25) is 0 Å². The monoisotopic (exact) mass is 305 g/mol. The topological polar surface area (TPSA) is 46.9 Å². The van der Waals surface area contributed by atoms with Crippen LogP contribution in [0.15, 0.2) is 66.9 Å². The Bertz CT molecular complexity index is 754. The molecule has 0 aliphatic heterocycles. The molecule has 0 radical (unpaired) electrons. The molecule has 0 aliphatic rings. The van der Waals surface area contributed by atoms with Crippen LogP contribution >= 0.6 is 0 Å². The number of hydrogen-bond donors (Lipinski definition) is 1. The number of rotatable bonds is 4. The number of nitrogens with zero attached hydrogens (tertiary/aromatic N) is 2. The maximum Gasteiger partial charge on any atom is 0.255 e. The highest BCUT2D eigenvalue weighted by Crippen LogP contribution is 2.22. The molecule has 1 amide bonds.